The summed E-state index contributed by atoms with van der Waals surface area (Å²) in [6.45, 7) is 2.19. The Hall–Kier alpha value is -0.640. The number of hydrogen-bond acceptors (Lipinski definition) is 2. The highest BCUT2D eigenvalue weighted by Gasteiger charge is 2.22. The topological polar surface area (TPSA) is 29.3 Å². The van der Waals surface area contributed by atoms with E-state index >= 15 is 0 Å². The number of hydrogen-bond donors (Lipinski definition) is 1. The lowest BCUT2D eigenvalue weighted by Gasteiger charge is -2.35. The number of benzene rings is 1. The van der Waals surface area contributed by atoms with Gasteiger partial charge in [-0.15, -0.1) is 12.4 Å². The maximum absolute atomic E-state index is 5.68. The molecule has 0 saturated carbocycles. The quantitative estimate of drug-likeness (QED) is 0.862. The van der Waals surface area contributed by atoms with Crippen molar-refractivity contribution in [1.82, 2.24) is 4.90 Å². The molecule has 18 heavy (non-hydrogen) atoms. The average Bonchev–Trinajstić information content (AvgIpc) is 2.32. The van der Waals surface area contributed by atoms with Crippen molar-refractivity contribution in [2.24, 2.45) is 5.73 Å². The number of halogens is 1. The van der Waals surface area contributed by atoms with E-state index in [1.807, 2.05) is 0 Å². The third-order valence-electron chi connectivity index (χ3n) is 3.41. The first-order chi connectivity index (χ1) is 8.25. The van der Waals surface area contributed by atoms with Gasteiger partial charge in [-0.05, 0) is 24.9 Å². The van der Waals surface area contributed by atoms with Gasteiger partial charge in [0.1, 0.15) is 0 Å². The van der Waals surface area contributed by atoms with Crippen LogP contribution >= 0.6 is 24.6 Å². The average molecular weight is 285 g/mol. The van der Waals surface area contributed by atoms with Crippen molar-refractivity contribution >= 4 is 29.6 Å². The lowest BCUT2D eigenvalue weighted by Crippen LogP contribution is -2.40. The molecule has 1 aromatic rings. The molecule has 0 bridgehead atoms. The number of nitrogens with zero attached hydrogens (tertiary/aromatic N) is 1. The molecule has 1 aromatic carbocycles. The van der Waals surface area contributed by atoms with E-state index in [9.17, 15) is 0 Å². The Labute approximate surface area is 121 Å². The summed E-state index contributed by atoms with van der Waals surface area (Å²) in [7, 11) is 0. The third kappa shape index (κ3) is 4.56. The molecular weight excluding hydrogens is 264 g/mol. The van der Waals surface area contributed by atoms with E-state index < -0.39 is 0 Å². The van der Waals surface area contributed by atoms with Crippen LogP contribution in [0.15, 0.2) is 30.3 Å². The molecule has 4 heteroatoms. The largest absolute Gasteiger partial charge is 0.393 e. The van der Waals surface area contributed by atoms with Crippen LogP contribution in [-0.2, 0) is 6.54 Å². The second kappa shape index (κ2) is 7.72. The van der Waals surface area contributed by atoms with Gasteiger partial charge in [0, 0.05) is 19.0 Å². The van der Waals surface area contributed by atoms with Crippen LogP contribution in [0.25, 0.3) is 0 Å². The van der Waals surface area contributed by atoms with Crippen molar-refractivity contribution in [3.63, 3.8) is 0 Å². The number of thiocarbonyl (C=S) groups is 1. The number of piperidine rings is 1. The van der Waals surface area contributed by atoms with Gasteiger partial charge in [-0.1, -0.05) is 49.0 Å². The Balaban J connectivity index is 0.00000162. The Kier molecular flexibility index (Phi) is 6.61. The normalized spacial score (nSPS) is 20.1. The van der Waals surface area contributed by atoms with Crippen molar-refractivity contribution in [1.29, 1.82) is 0 Å². The van der Waals surface area contributed by atoms with Crippen LogP contribution < -0.4 is 5.73 Å². The summed E-state index contributed by atoms with van der Waals surface area (Å²) in [4.78, 5) is 3.17. The monoisotopic (exact) mass is 284 g/mol. The van der Waals surface area contributed by atoms with Crippen LogP contribution in [0.3, 0.4) is 0 Å². The highest BCUT2D eigenvalue weighted by atomic mass is 35.5. The van der Waals surface area contributed by atoms with Crippen LogP contribution in [0.5, 0.6) is 0 Å². The Morgan fingerprint density at radius 3 is 2.67 bits per heavy atom. The smallest absolute Gasteiger partial charge is 0.0743 e. The Morgan fingerprint density at radius 1 is 1.28 bits per heavy atom. The zero-order valence-corrected chi connectivity index (χ0v) is 12.2. The lowest BCUT2D eigenvalue weighted by atomic mass is 9.98. The van der Waals surface area contributed by atoms with Crippen molar-refractivity contribution in [2.75, 3.05) is 6.54 Å². The maximum Gasteiger partial charge on any atom is 0.0743 e. The molecule has 1 aliphatic rings. The van der Waals surface area contributed by atoms with Gasteiger partial charge in [-0.3, -0.25) is 4.90 Å². The minimum absolute atomic E-state index is 0. The summed E-state index contributed by atoms with van der Waals surface area (Å²) in [6, 6.07) is 11.2. The second-order valence-corrected chi connectivity index (χ2v) is 5.30. The zero-order chi connectivity index (χ0) is 12.1. The van der Waals surface area contributed by atoms with Gasteiger partial charge in [-0.2, -0.15) is 0 Å². The minimum atomic E-state index is 0. The fourth-order valence-electron chi connectivity index (χ4n) is 2.55. The molecule has 0 spiro atoms. The summed E-state index contributed by atoms with van der Waals surface area (Å²) in [5.41, 5.74) is 7.06. The highest BCUT2D eigenvalue weighted by molar-refractivity contribution is 7.80. The van der Waals surface area contributed by atoms with Gasteiger partial charge < -0.3 is 5.73 Å². The molecule has 2 rings (SSSR count). The van der Waals surface area contributed by atoms with E-state index in [1.165, 1.54) is 31.4 Å². The molecule has 1 fully saturated rings. The first-order valence-electron chi connectivity index (χ1n) is 6.32. The Bertz CT molecular complexity index is 369. The van der Waals surface area contributed by atoms with E-state index in [2.05, 4.69) is 35.2 Å². The molecule has 1 aliphatic heterocycles. The van der Waals surface area contributed by atoms with Crippen molar-refractivity contribution in [3.05, 3.63) is 35.9 Å². The third-order valence-corrected chi connectivity index (χ3v) is 3.58. The summed E-state index contributed by atoms with van der Waals surface area (Å²) in [6.07, 6.45) is 4.69. The van der Waals surface area contributed by atoms with Gasteiger partial charge in [0.25, 0.3) is 0 Å². The maximum atomic E-state index is 5.68. The van der Waals surface area contributed by atoms with Crippen LogP contribution in [-0.4, -0.2) is 22.5 Å². The summed E-state index contributed by atoms with van der Waals surface area (Å²) >= 11 is 5.05. The summed E-state index contributed by atoms with van der Waals surface area (Å²) in [5, 5.41) is 0. The first-order valence-corrected chi connectivity index (χ1v) is 6.73. The van der Waals surface area contributed by atoms with Crippen molar-refractivity contribution in [3.8, 4) is 0 Å². The van der Waals surface area contributed by atoms with Crippen LogP contribution in [0.1, 0.15) is 31.2 Å². The molecule has 0 aliphatic carbocycles. The van der Waals surface area contributed by atoms with Crippen LogP contribution in [0.4, 0.5) is 0 Å². The number of likely N-dealkylation sites (tertiary alicyclic amines) is 1. The lowest BCUT2D eigenvalue weighted by molar-refractivity contribution is 0.144. The van der Waals surface area contributed by atoms with Gasteiger partial charge >= 0.3 is 0 Å². The zero-order valence-electron chi connectivity index (χ0n) is 10.5. The molecule has 1 atom stereocenters. The van der Waals surface area contributed by atoms with Gasteiger partial charge in [0.15, 0.2) is 0 Å². The van der Waals surface area contributed by atoms with Gasteiger partial charge in [0.05, 0.1) is 4.99 Å². The molecule has 1 heterocycles. The predicted molar refractivity (Wildman–Crippen MR) is 83.1 cm³/mol. The second-order valence-electron chi connectivity index (χ2n) is 4.78. The fourth-order valence-corrected chi connectivity index (χ4v) is 2.74. The molecule has 0 radical (unpaired) electrons. The summed E-state index contributed by atoms with van der Waals surface area (Å²) < 4.78 is 0. The van der Waals surface area contributed by atoms with Crippen LogP contribution in [0, 0.1) is 0 Å². The summed E-state index contributed by atoms with van der Waals surface area (Å²) in [5.74, 6) is 0. The number of nitrogens with two attached hydrogens (primary N) is 1. The van der Waals surface area contributed by atoms with Gasteiger partial charge in [-0.25, -0.2) is 0 Å². The van der Waals surface area contributed by atoms with Gasteiger partial charge in [0.2, 0.25) is 0 Å². The molecule has 0 aromatic heterocycles. The highest BCUT2D eigenvalue weighted by Crippen LogP contribution is 2.21. The fraction of sp³-hybridized carbons (Fsp3) is 0.500. The molecule has 2 nitrogen and oxygen atoms in total. The van der Waals surface area contributed by atoms with E-state index in [-0.39, 0.29) is 12.4 Å². The molecular formula is C14H21ClN2S. The van der Waals surface area contributed by atoms with Crippen LogP contribution in [0.2, 0.25) is 0 Å². The molecule has 0 amide bonds. The van der Waals surface area contributed by atoms with Crippen molar-refractivity contribution < 1.29 is 0 Å². The standard InChI is InChI=1S/C14H20N2S.ClH/c15-14(17)10-13-8-4-5-9-16(13)11-12-6-2-1-3-7-12;/h1-3,6-7,13H,4-5,8-11H2,(H2,15,17);1H. The molecule has 100 valence electrons. The molecule has 2 N–H and O–H groups in total. The minimum Gasteiger partial charge on any atom is -0.393 e. The predicted octanol–water partition coefficient (Wildman–Crippen LogP) is 3.14. The van der Waals surface area contributed by atoms with E-state index in [0.29, 0.717) is 11.0 Å². The molecule has 1 unspecified atom stereocenters. The SMILES string of the molecule is Cl.NC(=S)CC1CCCCN1Cc1ccccc1. The van der Waals surface area contributed by atoms with E-state index in [1.54, 1.807) is 0 Å². The number of rotatable bonds is 4. The first kappa shape index (κ1) is 15.4. The van der Waals surface area contributed by atoms with Crippen molar-refractivity contribution in [2.45, 2.75) is 38.3 Å². The van der Waals surface area contributed by atoms with E-state index in [0.717, 1.165) is 13.0 Å². The molecule has 1 saturated heterocycles. The van der Waals surface area contributed by atoms with E-state index in [4.69, 9.17) is 18.0 Å². The Morgan fingerprint density at radius 2 is 2.00 bits per heavy atom.